The fourth-order valence-electron chi connectivity index (χ4n) is 5.30. The van der Waals surface area contributed by atoms with E-state index in [2.05, 4.69) is 13.8 Å². The van der Waals surface area contributed by atoms with Crippen LogP contribution in [0.3, 0.4) is 0 Å². The van der Waals surface area contributed by atoms with E-state index < -0.39 is 18.0 Å². The molecule has 5 nitrogen and oxygen atoms in total. The molecule has 1 atom stereocenters. The van der Waals surface area contributed by atoms with E-state index in [1.807, 2.05) is 0 Å². The summed E-state index contributed by atoms with van der Waals surface area (Å²) in [5, 5.41) is 26.2. The number of carboxylic acid groups (broad SMARTS) is 2. The van der Waals surface area contributed by atoms with Gasteiger partial charge in [0.05, 0.1) is 0 Å². The molecule has 0 aromatic heterocycles. The third-order valence-corrected chi connectivity index (χ3v) is 8.11. The van der Waals surface area contributed by atoms with Crippen molar-refractivity contribution >= 4 is 29.3 Å². The van der Waals surface area contributed by atoms with Crippen LogP contribution in [0.4, 0.5) is 0 Å². The minimum Gasteiger partial charge on any atom is -0.481 e. The lowest BCUT2D eigenvalue weighted by Gasteiger charge is -2.05. The molecule has 0 bridgehead atoms. The monoisotopic (exact) mass is 615 g/mol. The van der Waals surface area contributed by atoms with Gasteiger partial charge in [-0.05, 0) is 12.8 Å². The van der Waals surface area contributed by atoms with Crippen LogP contribution in [-0.2, 0) is 9.59 Å². The van der Waals surface area contributed by atoms with Gasteiger partial charge in [0.25, 0.3) is 0 Å². The van der Waals surface area contributed by atoms with Crippen LogP contribution in [0.1, 0.15) is 213 Å². The van der Waals surface area contributed by atoms with E-state index in [9.17, 15) is 9.59 Å². The van der Waals surface area contributed by atoms with Gasteiger partial charge < -0.3 is 15.3 Å². The topological polar surface area (TPSA) is 94.8 Å². The van der Waals surface area contributed by atoms with E-state index in [4.69, 9.17) is 15.3 Å². The maximum atomic E-state index is 10.4. The zero-order valence-corrected chi connectivity index (χ0v) is 27.7. The summed E-state index contributed by atoms with van der Waals surface area (Å²) in [6.07, 6.45) is 37.5. The number of carboxylic acids is 2. The lowest BCUT2D eigenvalue weighted by molar-refractivity contribution is -0.147. The lowest BCUT2D eigenvalue weighted by Crippen LogP contribution is -2.18. The molecule has 3 N–H and O–H groups in total. The van der Waals surface area contributed by atoms with Crippen LogP contribution in [-0.4, -0.2) is 50.7 Å². The Labute approximate surface area is 272 Å². The quantitative estimate of drug-likeness (QED) is 0.0517. The zero-order valence-electron chi connectivity index (χ0n) is 27.7. The molecular formula is C36H75AlO5. The number of aliphatic hydroxyl groups excluding tert-OH is 1. The summed E-state index contributed by atoms with van der Waals surface area (Å²) >= 11 is 0. The first-order valence-electron chi connectivity index (χ1n) is 18.1. The van der Waals surface area contributed by atoms with Gasteiger partial charge in [-0.25, -0.2) is 4.79 Å². The molecule has 1 unspecified atom stereocenters. The number of unbranched alkanes of at least 4 members (excludes halogenated alkanes) is 27. The van der Waals surface area contributed by atoms with E-state index in [0.717, 1.165) is 25.7 Å². The summed E-state index contributed by atoms with van der Waals surface area (Å²) in [6.45, 7) is 4.53. The van der Waals surface area contributed by atoms with Gasteiger partial charge >= 0.3 is 11.9 Å². The molecule has 0 heterocycles. The van der Waals surface area contributed by atoms with Crippen molar-refractivity contribution in [2.45, 2.75) is 219 Å². The molecule has 0 aliphatic rings. The van der Waals surface area contributed by atoms with Crippen LogP contribution in [0.2, 0.25) is 0 Å². The first kappa shape index (κ1) is 45.9. The molecule has 0 aliphatic carbocycles. The SMILES string of the molecule is CCCCCCCCCCCCCCCCC(O)C(=O)O.CCCCCCCCCCCCCCCCCC(=O)O.[AlH3]. The fraction of sp³-hybridized carbons (Fsp3) is 0.944. The van der Waals surface area contributed by atoms with Crippen LogP contribution in [0.5, 0.6) is 0 Å². The van der Waals surface area contributed by atoms with Crippen molar-refractivity contribution in [3.8, 4) is 0 Å². The Bertz CT molecular complexity index is 529. The van der Waals surface area contributed by atoms with Gasteiger partial charge in [-0.1, -0.05) is 194 Å². The lowest BCUT2D eigenvalue weighted by atomic mass is 10.0. The highest BCUT2D eigenvalue weighted by Gasteiger charge is 2.11. The molecular weight excluding hydrogens is 539 g/mol. The summed E-state index contributed by atoms with van der Waals surface area (Å²) in [6, 6.07) is 0. The van der Waals surface area contributed by atoms with Crippen molar-refractivity contribution in [3.05, 3.63) is 0 Å². The second-order valence-electron chi connectivity index (χ2n) is 12.3. The van der Waals surface area contributed by atoms with E-state index in [1.165, 1.54) is 161 Å². The molecule has 0 fully saturated rings. The van der Waals surface area contributed by atoms with Crippen molar-refractivity contribution in [2.75, 3.05) is 0 Å². The van der Waals surface area contributed by atoms with Gasteiger partial charge in [-0.3, -0.25) is 4.79 Å². The molecule has 0 saturated heterocycles. The van der Waals surface area contributed by atoms with Gasteiger partial charge in [0.15, 0.2) is 23.5 Å². The maximum absolute atomic E-state index is 10.4. The Kier molecular flexibility index (Phi) is 44.1. The highest BCUT2D eigenvalue weighted by Crippen LogP contribution is 2.15. The van der Waals surface area contributed by atoms with Gasteiger partial charge in [-0.2, -0.15) is 0 Å². The number of carbonyl (C=O) groups is 2. The summed E-state index contributed by atoms with van der Waals surface area (Å²) in [7, 11) is 0. The number of hydrogen-bond donors (Lipinski definition) is 3. The summed E-state index contributed by atoms with van der Waals surface area (Å²) < 4.78 is 0. The highest BCUT2D eigenvalue weighted by molar-refractivity contribution is 5.75. The third kappa shape index (κ3) is 43.9. The molecule has 0 spiro atoms. The van der Waals surface area contributed by atoms with E-state index in [1.54, 1.807) is 0 Å². The first-order chi connectivity index (χ1) is 20.0. The van der Waals surface area contributed by atoms with Crippen LogP contribution in [0.15, 0.2) is 0 Å². The van der Waals surface area contributed by atoms with Gasteiger partial charge in [0.2, 0.25) is 0 Å². The molecule has 0 rings (SSSR count). The molecule has 0 amide bonds. The number of aliphatic hydroxyl groups is 1. The molecule has 0 saturated carbocycles. The van der Waals surface area contributed by atoms with Gasteiger partial charge in [0.1, 0.15) is 0 Å². The standard InChI is InChI=1S/C18H36O3.C18H36O2.Al.3H/c1-2-3-4-5-6-7-8-9-10-11-12-13-14-15-16-17(19)18(20)21;1-2-3-4-5-6-7-8-9-10-11-12-13-14-15-16-17-18(19)20;;;;/h17,19H,2-16H2,1H3,(H,20,21);2-17H2,1H3,(H,19,20);;;;. The van der Waals surface area contributed by atoms with Crippen molar-refractivity contribution in [3.63, 3.8) is 0 Å². The molecule has 252 valence electrons. The predicted octanol–water partition coefficient (Wildman–Crippen LogP) is 10.5. The largest absolute Gasteiger partial charge is 0.481 e. The Morgan fingerprint density at radius 1 is 0.429 bits per heavy atom. The Morgan fingerprint density at radius 3 is 0.905 bits per heavy atom. The summed E-state index contributed by atoms with van der Waals surface area (Å²) in [4.78, 5) is 20.7. The van der Waals surface area contributed by atoms with E-state index in [0.29, 0.717) is 12.8 Å². The van der Waals surface area contributed by atoms with Crippen LogP contribution < -0.4 is 0 Å². The molecule has 0 radical (unpaired) electrons. The van der Waals surface area contributed by atoms with Crippen LogP contribution >= 0.6 is 0 Å². The Morgan fingerprint density at radius 2 is 0.667 bits per heavy atom. The highest BCUT2D eigenvalue weighted by atomic mass is 27.0. The summed E-state index contributed by atoms with van der Waals surface area (Å²) in [5.74, 6) is -1.75. The van der Waals surface area contributed by atoms with Gasteiger partial charge in [-0.15, -0.1) is 0 Å². The van der Waals surface area contributed by atoms with Crippen molar-refractivity contribution < 1.29 is 24.9 Å². The average molecular weight is 615 g/mol. The maximum Gasteiger partial charge on any atom is 0.332 e. The second-order valence-corrected chi connectivity index (χ2v) is 12.3. The van der Waals surface area contributed by atoms with Crippen molar-refractivity contribution in [2.24, 2.45) is 0 Å². The zero-order chi connectivity index (χ0) is 30.7. The normalized spacial score (nSPS) is 11.4. The molecule has 0 aromatic carbocycles. The summed E-state index contributed by atoms with van der Waals surface area (Å²) in [5.41, 5.74) is 0. The predicted molar refractivity (Wildman–Crippen MR) is 186 cm³/mol. The third-order valence-electron chi connectivity index (χ3n) is 8.11. The van der Waals surface area contributed by atoms with Crippen molar-refractivity contribution in [1.29, 1.82) is 0 Å². The smallest absolute Gasteiger partial charge is 0.332 e. The number of aliphatic carboxylic acids is 2. The Balaban J connectivity index is -0.000000708. The number of hydrogen-bond acceptors (Lipinski definition) is 3. The minimum atomic E-state index is -1.16. The minimum absolute atomic E-state index is 0. The first-order valence-corrected chi connectivity index (χ1v) is 18.1. The van der Waals surface area contributed by atoms with Crippen molar-refractivity contribution in [1.82, 2.24) is 0 Å². The van der Waals surface area contributed by atoms with Crippen LogP contribution in [0, 0.1) is 0 Å². The molecule has 6 heteroatoms. The fourth-order valence-corrected chi connectivity index (χ4v) is 5.30. The van der Waals surface area contributed by atoms with Crippen LogP contribution in [0.25, 0.3) is 0 Å². The molecule has 42 heavy (non-hydrogen) atoms. The number of rotatable bonds is 32. The molecule has 0 aromatic rings. The molecule has 0 aliphatic heterocycles. The second kappa shape index (κ2) is 40.4. The Hall–Kier alpha value is -0.568. The average Bonchev–Trinajstić information content (AvgIpc) is 2.95. The van der Waals surface area contributed by atoms with E-state index in [-0.39, 0.29) is 17.4 Å². The van der Waals surface area contributed by atoms with Gasteiger partial charge in [0, 0.05) is 6.42 Å². The van der Waals surface area contributed by atoms with E-state index >= 15 is 0 Å².